The zero-order chi connectivity index (χ0) is 19.3. The van der Waals surface area contributed by atoms with Gasteiger partial charge in [-0.1, -0.05) is 30.3 Å². The van der Waals surface area contributed by atoms with E-state index >= 15 is 0 Å². The van der Waals surface area contributed by atoms with E-state index in [2.05, 4.69) is 39.6 Å². The van der Waals surface area contributed by atoms with Crippen molar-refractivity contribution in [1.29, 1.82) is 0 Å². The molecule has 0 bridgehead atoms. The van der Waals surface area contributed by atoms with Gasteiger partial charge in [-0.15, -0.1) is 0 Å². The molecule has 0 saturated carbocycles. The third kappa shape index (κ3) is 3.93. The predicted molar refractivity (Wildman–Crippen MR) is 111 cm³/mol. The number of carbonyl (C=O) groups excluding carboxylic acids is 1. The van der Waals surface area contributed by atoms with Gasteiger partial charge >= 0.3 is 0 Å². The highest BCUT2D eigenvalue weighted by atomic mass is 16.2. The molecule has 5 nitrogen and oxygen atoms in total. The average molecular weight is 374 g/mol. The van der Waals surface area contributed by atoms with Crippen LogP contribution in [0.1, 0.15) is 23.6 Å². The van der Waals surface area contributed by atoms with Crippen LogP contribution in [0.5, 0.6) is 0 Å². The number of aryl methyl sites for hydroxylation is 1. The molecule has 1 atom stereocenters. The molecule has 4 rings (SSSR count). The smallest absolute Gasteiger partial charge is 0.225 e. The lowest BCUT2D eigenvalue weighted by atomic mass is 9.98. The van der Waals surface area contributed by atoms with E-state index < -0.39 is 0 Å². The molecule has 144 valence electrons. The number of hydrogen-bond acceptors (Lipinski definition) is 3. The van der Waals surface area contributed by atoms with Gasteiger partial charge in [0.2, 0.25) is 5.91 Å². The van der Waals surface area contributed by atoms with Gasteiger partial charge in [0.1, 0.15) is 5.82 Å². The molecule has 0 spiro atoms. The molecule has 1 fully saturated rings. The van der Waals surface area contributed by atoms with Gasteiger partial charge in [-0.3, -0.25) is 4.79 Å². The molecule has 1 aliphatic rings. The summed E-state index contributed by atoms with van der Waals surface area (Å²) in [4.78, 5) is 21.8. The second kappa shape index (κ2) is 8.30. The van der Waals surface area contributed by atoms with Crippen LogP contribution >= 0.6 is 0 Å². The van der Waals surface area contributed by atoms with Crippen LogP contribution < -0.4 is 4.90 Å². The fraction of sp³-hybridized carbons (Fsp3) is 0.304. The molecular formula is C23H26N4O. The van der Waals surface area contributed by atoms with Crippen molar-refractivity contribution in [1.82, 2.24) is 14.5 Å². The lowest BCUT2D eigenvalue weighted by Gasteiger charge is -2.36. The molecule has 1 saturated heterocycles. The van der Waals surface area contributed by atoms with Crippen LogP contribution in [-0.2, 0) is 4.79 Å². The number of rotatable bonds is 5. The molecule has 28 heavy (non-hydrogen) atoms. The molecule has 3 aromatic rings. The molecule has 0 N–H and O–H groups in total. The highest BCUT2D eigenvalue weighted by Crippen LogP contribution is 2.26. The Morgan fingerprint density at radius 1 is 0.964 bits per heavy atom. The minimum atomic E-state index is 0.0255. The molecule has 0 radical (unpaired) electrons. The van der Waals surface area contributed by atoms with Gasteiger partial charge in [-0.25, -0.2) is 4.98 Å². The number of anilines is 1. The van der Waals surface area contributed by atoms with Crippen molar-refractivity contribution in [2.75, 3.05) is 31.1 Å². The molecule has 1 amide bonds. The summed E-state index contributed by atoms with van der Waals surface area (Å²) in [6.45, 7) is 5.23. The Balaban J connectivity index is 1.45. The molecule has 2 aromatic heterocycles. The maximum absolute atomic E-state index is 13.1. The standard InChI is InChI=1S/C23H26N4O/c1-19-8-2-3-9-20(19)21(25-12-6-7-13-25)18-23(28)27-16-14-26(15-17-27)22-10-4-5-11-24-22/h2-13,21H,14-18H2,1H3. The molecule has 0 aliphatic carbocycles. The summed E-state index contributed by atoms with van der Waals surface area (Å²) in [7, 11) is 0. The van der Waals surface area contributed by atoms with Gasteiger partial charge < -0.3 is 14.4 Å². The summed E-state index contributed by atoms with van der Waals surface area (Å²) in [5.74, 6) is 1.20. The maximum Gasteiger partial charge on any atom is 0.225 e. The molecule has 1 unspecified atom stereocenters. The Hall–Kier alpha value is -3.08. The third-order valence-corrected chi connectivity index (χ3v) is 5.51. The van der Waals surface area contributed by atoms with E-state index in [0.29, 0.717) is 6.42 Å². The van der Waals surface area contributed by atoms with Crippen molar-refractivity contribution >= 4 is 11.7 Å². The van der Waals surface area contributed by atoms with Crippen molar-refractivity contribution in [3.05, 3.63) is 84.3 Å². The lowest BCUT2D eigenvalue weighted by molar-refractivity contribution is -0.132. The lowest BCUT2D eigenvalue weighted by Crippen LogP contribution is -2.49. The predicted octanol–water partition coefficient (Wildman–Crippen LogP) is 3.52. The van der Waals surface area contributed by atoms with Gasteiger partial charge in [0.15, 0.2) is 0 Å². The Labute approximate surface area is 166 Å². The van der Waals surface area contributed by atoms with Crippen LogP contribution in [0, 0.1) is 6.92 Å². The minimum Gasteiger partial charge on any atom is -0.353 e. The van der Waals surface area contributed by atoms with E-state index in [1.807, 2.05) is 59.9 Å². The summed E-state index contributed by atoms with van der Waals surface area (Å²) < 4.78 is 2.14. The number of aromatic nitrogens is 2. The average Bonchev–Trinajstić information content (AvgIpc) is 3.28. The molecule has 1 aromatic carbocycles. The largest absolute Gasteiger partial charge is 0.353 e. The second-order valence-electron chi connectivity index (χ2n) is 7.26. The summed E-state index contributed by atoms with van der Waals surface area (Å²) >= 11 is 0. The van der Waals surface area contributed by atoms with Gasteiger partial charge in [0, 0.05) is 44.8 Å². The Morgan fingerprint density at radius 3 is 2.36 bits per heavy atom. The quantitative estimate of drug-likeness (QED) is 0.686. The number of pyridine rings is 1. The van der Waals surface area contributed by atoms with E-state index in [1.165, 1.54) is 11.1 Å². The van der Waals surface area contributed by atoms with Crippen molar-refractivity contribution < 1.29 is 4.79 Å². The first-order chi connectivity index (χ1) is 13.7. The number of nitrogens with zero attached hydrogens (tertiary/aromatic N) is 4. The number of benzene rings is 1. The van der Waals surface area contributed by atoms with Crippen LogP contribution in [0.2, 0.25) is 0 Å². The molecular weight excluding hydrogens is 348 g/mol. The van der Waals surface area contributed by atoms with Crippen LogP contribution in [-0.4, -0.2) is 46.5 Å². The van der Waals surface area contributed by atoms with Crippen LogP contribution in [0.3, 0.4) is 0 Å². The molecule has 3 heterocycles. The van der Waals surface area contributed by atoms with Crippen LogP contribution in [0.15, 0.2) is 73.2 Å². The Morgan fingerprint density at radius 2 is 1.68 bits per heavy atom. The Bertz CT molecular complexity index is 899. The topological polar surface area (TPSA) is 41.4 Å². The second-order valence-corrected chi connectivity index (χ2v) is 7.26. The Kier molecular flexibility index (Phi) is 5.42. The number of carbonyl (C=O) groups is 1. The first kappa shape index (κ1) is 18.3. The van der Waals surface area contributed by atoms with E-state index in [9.17, 15) is 4.79 Å². The highest BCUT2D eigenvalue weighted by Gasteiger charge is 2.26. The van der Waals surface area contributed by atoms with E-state index in [0.717, 1.165) is 32.0 Å². The SMILES string of the molecule is Cc1ccccc1C(CC(=O)N1CCN(c2ccccn2)CC1)n1cccc1. The number of hydrogen-bond donors (Lipinski definition) is 0. The summed E-state index contributed by atoms with van der Waals surface area (Å²) in [5, 5.41) is 0. The van der Waals surface area contributed by atoms with E-state index in [4.69, 9.17) is 0 Å². The highest BCUT2D eigenvalue weighted by molar-refractivity contribution is 5.77. The number of amides is 1. The van der Waals surface area contributed by atoms with Gasteiger partial charge in [-0.05, 0) is 42.3 Å². The molecule has 1 aliphatic heterocycles. The van der Waals surface area contributed by atoms with Crippen molar-refractivity contribution in [2.45, 2.75) is 19.4 Å². The summed E-state index contributed by atoms with van der Waals surface area (Å²) in [5.41, 5.74) is 2.42. The minimum absolute atomic E-state index is 0.0255. The van der Waals surface area contributed by atoms with E-state index in [-0.39, 0.29) is 11.9 Å². The fourth-order valence-corrected chi connectivity index (χ4v) is 3.91. The monoisotopic (exact) mass is 374 g/mol. The van der Waals surface area contributed by atoms with E-state index in [1.54, 1.807) is 0 Å². The van der Waals surface area contributed by atoms with Crippen LogP contribution in [0.4, 0.5) is 5.82 Å². The van der Waals surface area contributed by atoms with Crippen molar-refractivity contribution in [2.24, 2.45) is 0 Å². The molecule has 5 heteroatoms. The number of piperazine rings is 1. The summed E-state index contributed by atoms with van der Waals surface area (Å²) in [6.07, 6.45) is 6.38. The fourth-order valence-electron chi connectivity index (χ4n) is 3.91. The van der Waals surface area contributed by atoms with Gasteiger partial charge in [0.25, 0.3) is 0 Å². The van der Waals surface area contributed by atoms with Crippen molar-refractivity contribution in [3.63, 3.8) is 0 Å². The zero-order valence-electron chi connectivity index (χ0n) is 16.2. The normalized spacial score (nSPS) is 15.5. The maximum atomic E-state index is 13.1. The third-order valence-electron chi connectivity index (χ3n) is 5.51. The first-order valence-electron chi connectivity index (χ1n) is 9.84. The zero-order valence-corrected chi connectivity index (χ0v) is 16.2. The summed E-state index contributed by atoms with van der Waals surface area (Å²) in [6, 6.07) is 18.4. The first-order valence-corrected chi connectivity index (χ1v) is 9.84. The van der Waals surface area contributed by atoms with Gasteiger partial charge in [0.05, 0.1) is 12.5 Å². The van der Waals surface area contributed by atoms with Gasteiger partial charge in [-0.2, -0.15) is 0 Å². The van der Waals surface area contributed by atoms with Crippen molar-refractivity contribution in [3.8, 4) is 0 Å². The van der Waals surface area contributed by atoms with Crippen LogP contribution in [0.25, 0.3) is 0 Å².